The van der Waals surface area contributed by atoms with E-state index in [-0.39, 0.29) is 5.78 Å². The van der Waals surface area contributed by atoms with E-state index in [9.17, 15) is 4.79 Å². The van der Waals surface area contributed by atoms with Crippen molar-refractivity contribution in [1.29, 1.82) is 0 Å². The van der Waals surface area contributed by atoms with E-state index in [2.05, 4.69) is 10.3 Å². The van der Waals surface area contributed by atoms with E-state index >= 15 is 0 Å². The number of nitrogens with two attached hydrogens (primary N) is 1. The van der Waals surface area contributed by atoms with Crippen LogP contribution >= 0.6 is 0 Å². The van der Waals surface area contributed by atoms with Crippen molar-refractivity contribution in [3.8, 4) is 0 Å². The van der Waals surface area contributed by atoms with Gasteiger partial charge in [0.1, 0.15) is 5.78 Å². The van der Waals surface area contributed by atoms with Crippen molar-refractivity contribution in [2.45, 2.75) is 32.1 Å². The summed E-state index contributed by atoms with van der Waals surface area (Å²) in [6, 6.07) is 0. The number of aromatic nitrogens is 3. The Morgan fingerprint density at radius 2 is 2.27 bits per heavy atom. The number of hydrogen-bond donors (Lipinski definition) is 1. The second-order valence-corrected chi connectivity index (χ2v) is 3.70. The van der Waals surface area contributed by atoms with Crippen molar-refractivity contribution in [2.75, 3.05) is 6.54 Å². The summed E-state index contributed by atoms with van der Waals surface area (Å²) in [7, 11) is 1.79. The van der Waals surface area contributed by atoms with Crippen molar-refractivity contribution in [2.24, 2.45) is 12.8 Å². The molecule has 1 heterocycles. The Labute approximate surface area is 89.6 Å². The third kappa shape index (κ3) is 4.69. The van der Waals surface area contributed by atoms with Gasteiger partial charge < -0.3 is 5.73 Å². The van der Waals surface area contributed by atoms with Gasteiger partial charge in [0.25, 0.3) is 0 Å². The Balaban J connectivity index is 2.18. The summed E-state index contributed by atoms with van der Waals surface area (Å²) in [6.45, 7) is 0.707. The van der Waals surface area contributed by atoms with Crippen LogP contribution in [-0.4, -0.2) is 27.3 Å². The van der Waals surface area contributed by atoms with Crippen molar-refractivity contribution < 1.29 is 4.79 Å². The minimum absolute atomic E-state index is 0.229. The summed E-state index contributed by atoms with van der Waals surface area (Å²) in [4.78, 5) is 11.5. The number of nitrogens with zero attached hydrogens (tertiary/aromatic N) is 3. The molecule has 5 nitrogen and oxygen atoms in total. The number of ketones is 1. The Morgan fingerprint density at radius 1 is 1.47 bits per heavy atom. The molecule has 15 heavy (non-hydrogen) atoms. The van der Waals surface area contributed by atoms with Gasteiger partial charge in [0, 0.05) is 19.7 Å². The van der Waals surface area contributed by atoms with Gasteiger partial charge in [-0.1, -0.05) is 11.6 Å². The molecule has 0 unspecified atom stereocenters. The lowest BCUT2D eigenvalue weighted by molar-refractivity contribution is -0.118. The zero-order chi connectivity index (χ0) is 11.1. The minimum Gasteiger partial charge on any atom is -0.330 e. The quantitative estimate of drug-likeness (QED) is 0.663. The molecule has 0 saturated heterocycles. The molecule has 0 aromatic carbocycles. The first-order chi connectivity index (χ1) is 7.22. The number of rotatable bonds is 7. The maximum Gasteiger partial charge on any atom is 0.138 e. The number of Topliss-reactive ketones (excluding diaryl/α,β-unsaturated/α-hetero) is 1. The van der Waals surface area contributed by atoms with E-state index in [1.165, 1.54) is 0 Å². The van der Waals surface area contributed by atoms with Gasteiger partial charge in [0.05, 0.1) is 12.1 Å². The third-order valence-electron chi connectivity index (χ3n) is 2.19. The van der Waals surface area contributed by atoms with Gasteiger partial charge in [-0.05, 0) is 19.4 Å². The van der Waals surface area contributed by atoms with Crippen LogP contribution in [0.4, 0.5) is 0 Å². The molecule has 0 spiro atoms. The lowest BCUT2D eigenvalue weighted by atomic mass is 10.1. The number of carbonyl (C=O) groups excluding carboxylic acids is 1. The zero-order valence-electron chi connectivity index (χ0n) is 9.15. The summed E-state index contributed by atoms with van der Waals surface area (Å²) in [5.41, 5.74) is 6.12. The SMILES string of the molecule is Cn1cc(CC(=O)CCCCCN)nn1. The Morgan fingerprint density at radius 3 is 2.87 bits per heavy atom. The lowest BCUT2D eigenvalue weighted by Gasteiger charge is -1.98. The Bertz CT molecular complexity index is 308. The molecule has 1 aromatic heterocycles. The monoisotopic (exact) mass is 210 g/mol. The summed E-state index contributed by atoms with van der Waals surface area (Å²) < 4.78 is 1.61. The highest BCUT2D eigenvalue weighted by Crippen LogP contribution is 2.03. The molecule has 0 saturated carbocycles. The van der Waals surface area contributed by atoms with Crippen LogP contribution in [0.1, 0.15) is 31.4 Å². The number of aryl methyl sites for hydroxylation is 1. The van der Waals surface area contributed by atoms with E-state index < -0.39 is 0 Å². The predicted octanol–water partition coefficient (Wildman–Crippen LogP) is 0.446. The van der Waals surface area contributed by atoms with Gasteiger partial charge in [0.15, 0.2) is 0 Å². The Hall–Kier alpha value is -1.23. The van der Waals surface area contributed by atoms with Gasteiger partial charge in [-0.15, -0.1) is 5.10 Å². The molecule has 1 aromatic rings. The highest BCUT2D eigenvalue weighted by atomic mass is 16.1. The first-order valence-corrected chi connectivity index (χ1v) is 5.29. The molecule has 0 aliphatic heterocycles. The molecule has 2 N–H and O–H groups in total. The average Bonchev–Trinajstić information content (AvgIpc) is 2.59. The molecule has 0 fully saturated rings. The molecule has 0 bridgehead atoms. The fourth-order valence-corrected chi connectivity index (χ4v) is 1.41. The predicted molar refractivity (Wildman–Crippen MR) is 57.2 cm³/mol. The fraction of sp³-hybridized carbons (Fsp3) is 0.700. The fourth-order valence-electron chi connectivity index (χ4n) is 1.41. The third-order valence-corrected chi connectivity index (χ3v) is 2.19. The van der Waals surface area contributed by atoms with Crippen molar-refractivity contribution in [1.82, 2.24) is 15.0 Å². The molecule has 0 amide bonds. The highest BCUT2D eigenvalue weighted by molar-refractivity contribution is 5.80. The number of hydrogen-bond acceptors (Lipinski definition) is 4. The number of unbranched alkanes of at least 4 members (excludes halogenated alkanes) is 2. The molecular formula is C10H18N4O. The average molecular weight is 210 g/mol. The van der Waals surface area contributed by atoms with Crippen molar-refractivity contribution in [3.63, 3.8) is 0 Å². The first kappa shape index (κ1) is 11.8. The summed E-state index contributed by atoms with van der Waals surface area (Å²) >= 11 is 0. The molecule has 0 aliphatic carbocycles. The van der Waals surface area contributed by atoms with E-state index in [1.807, 2.05) is 0 Å². The number of carbonyl (C=O) groups is 1. The van der Waals surface area contributed by atoms with Crippen LogP contribution in [0, 0.1) is 0 Å². The normalized spacial score (nSPS) is 10.5. The van der Waals surface area contributed by atoms with Gasteiger partial charge in [0.2, 0.25) is 0 Å². The van der Waals surface area contributed by atoms with E-state index in [0.717, 1.165) is 25.0 Å². The minimum atomic E-state index is 0.229. The molecule has 1 rings (SSSR count). The topological polar surface area (TPSA) is 73.8 Å². The van der Waals surface area contributed by atoms with Gasteiger partial charge >= 0.3 is 0 Å². The Kier molecular flexibility index (Phi) is 4.97. The van der Waals surface area contributed by atoms with Crippen LogP contribution in [0.3, 0.4) is 0 Å². The molecule has 0 radical (unpaired) electrons. The van der Waals surface area contributed by atoms with Crippen LogP contribution < -0.4 is 5.73 Å². The molecule has 5 heteroatoms. The smallest absolute Gasteiger partial charge is 0.138 e. The summed E-state index contributed by atoms with van der Waals surface area (Å²) in [6.07, 6.45) is 5.75. The molecular weight excluding hydrogens is 192 g/mol. The summed E-state index contributed by atoms with van der Waals surface area (Å²) in [5, 5.41) is 7.65. The van der Waals surface area contributed by atoms with E-state index in [1.54, 1.807) is 17.9 Å². The van der Waals surface area contributed by atoms with Crippen molar-refractivity contribution in [3.05, 3.63) is 11.9 Å². The van der Waals surface area contributed by atoms with Crippen LogP contribution in [0.2, 0.25) is 0 Å². The van der Waals surface area contributed by atoms with Gasteiger partial charge in [-0.3, -0.25) is 9.48 Å². The van der Waals surface area contributed by atoms with E-state index in [0.29, 0.717) is 19.4 Å². The van der Waals surface area contributed by atoms with Gasteiger partial charge in [-0.25, -0.2) is 0 Å². The summed E-state index contributed by atoms with van der Waals surface area (Å²) in [5.74, 6) is 0.229. The maximum absolute atomic E-state index is 11.5. The van der Waals surface area contributed by atoms with Crippen LogP contribution in [0.25, 0.3) is 0 Å². The second kappa shape index (κ2) is 6.29. The molecule has 0 aliphatic rings. The van der Waals surface area contributed by atoms with Crippen LogP contribution in [0.5, 0.6) is 0 Å². The van der Waals surface area contributed by atoms with Gasteiger partial charge in [-0.2, -0.15) is 0 Å². The largest absolute Gasteiger partial charge is 0.330 e. The maximum atomic E-state index is 11.5. The van der Waals surface area contributed by atoms with Crippen molar-refractivity contribution >= 4 is 5.78 Å². The van der Waals surface area contributed by atoms with Crippen LogP contribution in [-0.2, 0) is 18.3 Å². The highest BCUT2D eigenvalue weighted by Gasteiger charge is 2.06. The van der Waals surface area contributed by atoms with Crippen LogP contribution in [0.15, 0.2) is 6.20 Å². The lowest BCUT2D eigenvalue weighted by Crippen LogP contribution is -2.04. The molecule has 84 valence electrons. The first-order valence-electron chi connectivity index (χ1n) is 5.29. The second-order valence-electron chi connectivity index (χ2n) is 3.70. The standard InChI is InChI=1S/C10H18N4O/c1-14-8-9(12-13-14)7-10(15)5-3-2-4-6-11/h8H,2-7,11H2,1H3. The zero-order valence-corrected chi connectivity index (χ0v) is 9.15. The molecule has 0 atom stereocenters. The van der Waals surface area contributed by atoms with E-state index in [4.69, 9.17) is 5.73 Å².